The Bertz CT molecular complexity index is 409. The molecule has 2 aliphatic heterocycles. The molecule has 2 atom stereocenters. The molecule has 5 heteroatoms. The average molecular weight is 208 g/mol. The molecule has 0 aromatic heterocycles. The lowest BCUT2D eigenvalue weighted by molar-refractivity contribution is -0.117. The van der Waals surface area contributed by atoms with Gasteiger partial charge in [0, 0.05) is 6.08 Å². The summed E-state index contributed by atoms with van der Waals surface area (Å²) in [7, 11) is 0. The highest BCUT2D eigenvalue weighted by Gasteiger charge is 2.35. The van der Waals surface area contributed by atoms with Crippen molar-refractivity contribution < 1.29 is 14.7 Å². The SMILES string of the molecule is CC1NC(=O)C=C1C1=C(O)C(C)NC1=O. The fourth-order valence-corrected chi connectivity index (χ4v) is 1.84. The third-order valence-electron chi connectivity index (χ3n) is 2.64. The van der Waals surface area contributed by atoms with Crippen LogP contribution in [0, 0.1) is 0 Å². The van der Waals surface area contributed by atoms with Crippen molar-refractivity contribution in [3.63, 3.8) is 0 Å². The third-order valence-corrected chi connectivity index (χ3v) is 2.64. The van der Waals surface area contributed by atoms with Gasteiger partial charge in [0.15, 0.2) is 0 Å². The van der Waals surface area contributed by atoms with Crippen LogP contribution in [0.3, 0.4) is 0 Å². The van der Waals surface area contributed by atoms with Crippen LogP contribution in [0.2, 0.25) is 0 Å². The fourth-order valence-electron chi connectivity index (χ4n) is 1.84. The van der Waals surface area contributed by atoms with Crippen molar-refractivity contribution in [2.24, 2.45) is 0 Å². The van der Waals surface area contributed by atoms with Gasteiger partial charge in [-0.1, -0.05) is 0 Å². The molecular weight excluding hydrogens is 196 g/mol. The molecule has 2 unspecified atom stereocenters. The van der Waals surface area contributed by atoms with Gasteiger partial charge in [0.25, 0.3) is 5.91 Å². The Kier molecular flexibility index (Phi) is 2.03. The Morgan fingerprint density at radius 2 is 1.87 bits per heavy atom. The quantitative estimate of drug-likeness (QED) is 0.556. The summed E-state index contributed by atoms with van der Waals surface area (Å²) in [5, 5.41) is 14.9. The van der Waals surface area contributed by atoms with E-state index >= 15 is 0 Å². The molecule has 2 amide bonds. The standard InChI is InChI=1S/C10H12N2O3/c1-4-6(3-7(13)11-4)8-9(14)5(2)12-10(8)15/h3-5,14H,1-2H3,(H,11,13)(H,12,15). The predicted molar refractivity (Wildman–Crippen MR) is 52.9 cm³/mol. The van der Waals surface area contributed by atoms with Gasteiger partial charge < -0.3 is 15.7 Å². The molecule has 80 valence electrons. The summed E-state index contributed by atoms with van der Waals surface area (Å²) in [6.07, 6.45) is 1.36. The first kappa shape index (κ1) is 9.76. The normalized spacial score (nSPS) is 30.4. The first-order chi connectivity index (χ1) is 7.00. The van der Waals surface area contributed by atoms with Crippen molar-refractivity contribution in [1.29, 1.82) is 0 Å². The molecule has 15 heavy (non-hydrogen) atoms. The highest BCUT2D eigenvalue weighted by Crippen LogP contribution is 2.26. The maximum Gasteiger partial charge on any atom is 0.255 e. The van der Waals surface area contributed by atoms with Gasteiger partial charge in [0.05, 0.1) is 17.7 Å². The van der Waals surface area contributed by atoms with Crippen LogP contribution >= 0.6 is 0 Å². The number of hydrogen-bond acceptors (Lipinski definition) is 3. The van der Waals surface area contributed by atoms with E-state index in [1.165, 1.54) is 6.08 Å². The van der Waals surface area contributed by atoms with Gasteiger partial charge in [-0.25, -0.2) is 0 Å². The van der Waals surface area contributed by atoms with Gasteiger partial charge in [0.1, 0.15) is 5.76 Å². The second-order valence-corrected chi connectivity index (χ2v) is 3.79. The highest BCUT2D eigenvalue weighted by molar-refractivity contribution is 6.05. The van der Waals surface area contributed by atoms with Crippen LogP contribution in [0.1, 0.15) is 13.8 Å². The van der Waals surface area contributed by atoms with E-state index in [-0.39, 0.29) is 35.2 Å². The molecule has 0 spiro atoms. The van der Waals surface area contributed by atoms with Crippen LogP contribution in [0.4, 0.5) is 0 Å². The van der Waals surface area contributed by atoms with Gasteiger partial charge in [0.2, 0.25) is 5.91 Å². The van der Waals surface area contributed by atoms with E-state index in [1.54, 1.807) is 13.8 Å². The van der Waals surface area contributed by atoms with Crippen molar-refractivity contribution in [3.05, 3.63) is 23.0 Å². The first-order valence-corrected chi connectivity index (χ1v) is 4.77. The lowest BCUT2D eigenvalue weighted by atomic mass is 10.0. The number of aliphatic hydroxyl groups is 1. The van der Waals surface area contributed by atoms with Crippen molar-refractivity contribution in [1.82, 2.24) is 10.6 Å². The number of aliphatic hydroxyl groups excluding tert-OH is 1. The molecule has 5 nitrogen and oxygen atoms in total. The largest absolute Gasteiger partial charge is 0.509 e. The van der Waals surface area contributed by atoms with Crippen LogP contribution in [-0.2, 0) is 9.59 Å². The minimum absolute atomic E-state index is 0.00889. The molecule has 2 aliphatic rings. The van der Waals surface area contributed by atoms with E-state index in [1.807, 2.05) is 0 Å². The van der Waals surface area contributed by atoms with Gasteiger partial charge in [-0.15, -0.1) is 0 Å². The molecule has 0 fully saturated rings. The van der Waals surface area contributed by atoms with Crippen LogP contribution in [-0.4, -0.2) is 29.0 Å². The Morgan fingerprint density at radius 3 is 2.27 bits per heavy atom. The maximum atomic E-state index is 11.5. The number of carbonyl (C=O) groups is 2. The number of hydrogen-bond donors (Lipinski definition) is 3. The Hall–Kier alpha value is -1.78. The Labute approximate surface area is 86.8 Å². The van der Waals surface area contributed by atoms with Crippen LogP contribution in [0.15, 0.2) is 23.0 Å². The van der Waals surface area contributed by atoms with E-state index in [0.717, 1.165) is 0 Å². The topological polar surface area (TPSA) is 78.4 Å². The molecule has 0 aliphatic carbocycles. The van der Waals surface area contributed by atoms with Gasteiger partial charge in [-0.2, -0.15) is 0 Å². The fraction of sp³-hybridized carbons (Fsp3) is 0.400. The van der Waals surface area contributed by atoms with Crippen molar-refractivity contribution in [2.75, 3.05) is 0 Å². The lowest BCUT2D eigenvalue weighted by Crippen LogP contribution is -2.28. The number of rotatable bonds is 1. The Morgan fingerprint density at radius 1 is 1.20 bits per heavy atom. The molecule has 0 saturated carbocycles. The summed E-state index contributed by atoms with van der Waals surface area (Å²) in [6, 6.07) is -0.609. The second-order valence-electron chi connectivity index (χ2n) is 3.79. The zero-order valence-corrected chi connectivity index (χ0v) is 8.50. The van der Waals surface area contributed by atoms with Crippen LogP contribution in [0.25, 0.3) is 0 Å². The minimum Gasteiger partial charge on any atom is -0.509 e. The molecule has 0 saturated heterocycles. The summed E-state index contributed by atoms with van der Waals surface area (Å²) >= 11 is 0. The molecule has 0 radical (unpaired) electrons. The van der Waals surface area contributed by atoms with Crippen LogP contribution in [0.5, 0.6) is 0 Å². The summed E-state index contributed by atoms with van der Waals surface area (Å²) in [5.74, 6) is -0.547. The van der Waals surface area contributed by atoms with Crippen molar-refractivity contribution in [2.45, 2.75) is 25.9 Å². The number of amides is 2. The number of nitrogens with one attached hydrogen (secondary N) is 2. The lowest BCUT2D eigenvalue weighted by Gasteiger charge is -2.08. The van der Waals surface area contributed by atoms with Crippen LogP contribution < -0.4 is 10.6 Å². The molecule has 0 aromatic carbocycles. The average Bonchev–Trinajstić information content (AvgIpc) is 2.56. The predicted octanol–water partition coefficient (Wildman–Crippen LogP) is -0.238. The van der Waals surface area contributed by atoms with Crippen molar-refractivity contribution in [3.8, 4) is 0 Å². The van der Waals surface area contributed by atoms with Gasteiger partial charge in [-0.05, 0) is 19.4 Å². The highest BCUT2D eigenvalue weighted by atomic mass is 16.3. The zero-order chi connectivity index (χ0) is 11.2. The van der Waals surface area contributed by atoms with E-state index in [0.29, 0.717) is 5.57 Å². The van der Waals surface area contributed by atoms with E-state index < -0.39 is 0 Å². The summed E-state index contributed by atoms with van der Waals surface area (Å²) in [5.41, 5.74) is 0.785. The molecule has 0 aromatic rings. The number of carbonyl (C=O) groups excluding carboxylic acids is 2. The second kappa shape index (κ2) is 3.12. The molecule has 3 N–H and O–H groups in total. The minimum atomic E-state index is -0.378. The summed E-state index contributed by atoms with van der Waals surface area (Å²) < 4.78 is 0. The third kappa shape index (κ3) is 1.40. The molecule has 2 heterocycles. The van der Waals surface area contributed by atoms with Crippen molar-refractivity contribution >= 4 is 11.8 Å². The monoisotopic (exact) mass is 208 g/mol. The zero-order valence-electron chi connectivity index (χ0n) is 8.50. The van der Waals surface area contributed by atoms with Gasteiger partial charge in [-0.3, -0.25) is 9.59 Å². The molecule has 0 bridgehead atoms. The van der Waals surface area contributed by atoms with E-state index in [2.05, 4.69) is 10.6 Å². The maximum absolute atomic E-state index is 11.5. The van der Waals surface area contributed by atoms with Gasteiger partial charge >= 0.3 is 0 Å². The Balaban J connectivity index is 2.43. The van der Waals surface area contributed by atoms with E-state index in [9.17, 15) is 14.7 Å². The first-order valence-electron chi connectivity index (χ1n) is 4.77. The molecular formula is C10H12N2O3. The smallest absolute Gasteiger partial charge is 0.255 e. The molecule has 2 rings (SSSR count). The summed E-state index contributed by atoms with van der Waals surface area (Å²) in [6.45, 7) is 3.46. The van der Waals surface area contributed by atoms with E-state index in [4.69, 9.17) is 0 Å². The summed E-state index contributed by atoms with van der Waals surface area (Å²) in [4.78, 5) is 22.6.